The van der Waals surface area contributed by atoms with E-state index in [1.807, 2.05) is 54.1 Å². The topological polar surface area (TPSA) is 30.7 Å². The fourth-order valence-electron chi connectivity index (χ4n) is 2.97. The number of hydrogen-bond acceptors (Lipinski definition) is 2. The summed E-state index contributed by atoms with van der Waals surface area (Å²) < 4.78 is 17.8. The fraction of sp³-hybridized carbons (Fsp3) is 0.100. The van der Waals surface area contributed by atoms with Gasteiger partial charge < -0.3 is 4.57 Å². The van der Waals surface area contributed by atoms with Crippen molar-refractivity contribution in [1.82, 2.24) is 14.5 Å². The molecule has 3 heterocycles. The zero-order valence-corrected chi connectivity index (χ0v) is 15.7. The number of pyridine rings is 2. The standard InChI is InChI=1S/C20H15FIN3/c1-13-9-15(6-8-23-13)14-4-5-16(17(21)10-14)11-25-12-18(22)20-19(25)3-2-7-24-20/h2-10,12H,11H2,1H3. The molecule has 0 saturated carbocycles. The van der Waals surface area contributed by atoms with E-state index in [4.69, 9.17) is 0 Å². The largest absolute Gasteiger partial charge is 0.341 e. The maximum absolute atomic E-state index is 14.7. The van der Waals surface area contributed by atoms with Gasteiger partial charge >= 0.3 is 0 Å². The van der Waals surface area contributed by atoms with Crippen LogP contribution in [0.15, 0.2) is 61.1 Å². The Balaban J connectivity index is 1.69. The molecule has 0 spiro atoms. The zero-order chi connectivity index (χ0) is 17.4. The second kappa shape index (κ2) is 6.55. The third kappa shape index (κ3) is 3.16. The minimum atomic E-state index is -0.201. The molecule has 5 heteroatoms. The van der Waals surface area contributed by atoms with E-state index in [9.17, 15) is 4.39 Å². The maximum atomic E-state index is 14.7. The van der Waals surface area contributed by atoms with E-state index in [0.29, 0.717) is 12.1 Å². The minimum Gasteiger partial charge on any atom is -0.341 e. The predicted molar refractivity (Wildman–Crippen MR) is 106 cm³/mol. The van der Waals surface area contributed by atoms with Gasteiger partial charge in [0.2, 0.25) is 0 Å². The molecule has 1 aromatic carbocycles. The van der Waals surface area contributed by atoms with Crippen LogP contribution in [0.1, 0.15) is 11.3 Å². The third-order valence-electron chi connectivity index (χ3n) is 4.21. The van der Waals surface area contributed by atoms with Gasteiger partial charge in [0, 0.05) is 29.8 Å². The van der Waals surface area contributed by atoms with Crippen LogP contribution in [0.25, 0.3) is 22.2 Å². The Bertz CT molecular complexity index is 1070. The van der Waals surface area contributed by atoms with E-state index in [1.165, 1.54) is 0 Å². The number of aryl methyl sites for hydroxylation is 1. The van der Waals surface area contributed by atoms with Crippen molar-refractivity contribution in [1.29, 1.82) is 0 Å². The van der Waals surface area contributed by atoms with Crippen LogP contribution in [-0.2, 0) is 6.54 Å². The molecule has 25 heavy (non-hydrogen) atoms. The molecule has 0 N–H and O–H groups in total. The maximum Gasteiger partial charge on any atom is 0.128 e. The summed E-state index contributed by atoms with van der Waals surface area (Å²) >= 11 is 2.26. The summed E-state index contributed by atoms with van der Waals surface area (Å²) in [5, 5.41) is 0. The van der Waals surface area contributed by atoms with E-state index < -0.39 is 0 Å². The average molecular weight is 443 g/mol. The molecule has 3 aromatic heterocycles. The Morgan fingerprint density at radius 2 is 1.88 bits per heavy atom. The van der Waals surface area contributed by atoms with Crippen molar-refractivity contribution in [3.05, 3.63) is 81.7 Å². The Morgan fingerprint density at radius 1 is 1.04 bits per heavy atom. The van der Waals surface area contributed by atoms with Crippen LogP contribution in [0.4, 0.5) is 4.39 Å². The first-order valence-corrected chi connectivity index (χ1v) is 9.00. The van der Waals surface area contributed by atoms with Crippen molar-refractivity contribution in [2.45, 2.75) is 13.5 Å². The molecule has 0 fully saturated rings. The molecule has 0 aliphatic heterocycles. The number of halogens is 2. The van der Waals surface area contributed by atoms with Gasteiger partial charge in [-0.2, -0.15) is 0 Å². The third-order valence-corrected chi connectivity index (χ3v) is 5.00. The molecule has 0 aliphatic rings. The number of hydrogen-bond donors (Lipinski definition) is 0. The summed E-state index contributed by atoms with van der Waals surface area (Å²) in [6.45, 7) is 2.41. The van der Waals surface area contributed by atoms with Crippen LogP contribution in [0, 0.1) is 16.3 Å². The normalized spacial score (nSPS) is 11.2. The van der Waals surface area contributed by atoms with Gasteiger partial charge in [0.15, 0.2) is 0 Å². The predicted octanol–water partition coefficient (Wildman–Crippen LogP) is 5.20. The number of nitrogens with zero attached hydrogens (tertiary/aromatic N) is 3. The highest BCUT2D eigenvalue weighted by Crippen LogP contribution is 2.25. The lowest BCUT2D eigenvalue weighted by molar-refractivity contribution is 0.602. The Kier molecular flexibility index (Phi) is 4.25. The van der Waals surface area contributed by atoms with Crippen molar-refractivity contribution in [3.63, 3.8) is 0 Å². The molecule has 0 saturated heterocycles. The summed E-state index contributed by atoms with van der Waals surface area (Å²) in [6, 6.07) is 13.2. The SMILES string of the molecule is Cc1cc(-c2ccc(Cn3cc(I)c4ncccc43)c(F)c2)ccn1. The molecule has 0 bridgehead atoms. The lowest BCUT2D eigenvalue weighted by Crippen LogP contribution is -2.01. The van der Waals surface area contributed by atoms with Crippen LogP contribution in [-0.4, -0.2) is 14.5 Å². The van der Waals surface area contributed by atoms with Crippen LogP contribution < -0.4 is 0 Å². The van der Waals surface area contributed by atoms with E-state index in [2.05, 4.69) is 32.6 Å². The van der Waals surface area contributed by atoms with Crippen LogP contribution in [0.5, 0.6) is 0 Å². The van der Waals surface area contributed by atoms with Crippen molar-refractivity contribution in [2.75, 3.05) is 0 Å². The molecule has 0 atom stereocenters. The first-order chi connectivity index (χ1) is 12.1. The molecular weight excluding hydrogens is 428 g/mol. The Labute approximate surface area is 158 Å². The van der Waals surface area contributed by atoms with Gasteiger partial charge in [-0.1, -0.05) is 12.1 Å². The summed E-state index contributed by atoms with van der Waals surface area (Å²) in [6.07, 6.45) is 5.54. The van der Waals surface area contributed by atoms with E-state index in [0.717, 1.165) is 31.4 Å². The van der Waals surface area contributed by atoms with Crippen molar-refractivity contribution < 1.29 is 4.39 Å². The summed E-state index contributed by atoms with van der Waals surface area (Å²) in [7, 11) is 0. The smallest absolute Gasteiger partial charge is 0.128 e. The van der Waals surface area contributed by atoms with Gasteiger partial charge in [0.05, 0.1) is 15.6 Å². The summed E-state index contributed by atoms with van der Waals surface area (Å²) in [5.74, 6) is -0.201. The molecule has 0 radical (unpaired) electrons. The van der Waals surface area contributed by atoms with E-state index >= 15 is 0 Å². The summed E-state index contributed by atoms with van der Waals surface area (Å²) in [4.78, 5) is 8.59. The highest BCUT2D eigenvalue weighted by molar-refractivity contribution is 14.1. The molecule has 4 aromatic rings. The quantitative estimate of drug-likeness (QED) is 0.408. The molecule has 3 nitrogen and oxygen atoms in total. The Hall–Kier alpha value is -2.28. The van der Waals surface area contributed by atoms with Gasteiger partial charge in [0.25, 0.3) is 0 Å². The molecule has 4 rings (SSSR count). The minimum absolute atomic E-state index is 0.201. The van der Waals surface area contributed by atoms with Gasteiger partial charge in [-0.15, -0.1) is 0 Å². The molecule has 0 amide bonds. The number of fused-ring (bicyclic) bond motifs is 1. The number of rotatable bonds is 3. The second-order valence-electron chi connectivity index (χ2n) is 5.97. The first kappa shape index (κ1) is 16.2. The van der Waals surface area contributed by atoms with Gasteiger partial charge in [-0.25, -0.2) is 4.39 Å². The monoisotopic (exact) mass is 443 g/mol. The van der Waals surface area contributed by atoms with Crippen LogP contribution in [0.3, 0.4) is 0 Å². The molecule has 0 aliphatic carbocycles. The highest BCUT2D eigenvalue weighted by atomic mass is 127. The molecule has 0 unspecified atom stereocenters. The van der Waals surface area contributed by atoms with Crippen molar-refractivity contribution in [2.24, 2.45) is 0 Å². The molecular formula is C20H15FIN3. The van der Waals surface area contributed by atoms with Crippen molar-refractivity contribution >= 4 is 33.6 Å². The lowest BCUT2D eigenvalue weighted by atomic mass is 10.0. The highest BCUT2D eigenvalue weighted by Gasteiger charge is 2.11. The number of benzene rings is 1. The van der Waals surface area contributed by atoms with E-state index in [1.54, 1.807) is 18.5 Å². The van der Waals surface area contributed by atoms with Gasteiger partial charge in [-0.05, 0) is 71.0 Å². The second-order valence-corrected chi connectivity index (χ2v) is 7.13. The van der Waals surface area contributed by atoms with Crippen LogP contribution >= 0.6 is 22.6 Å². The zero-order valence-electron chi connectivity index (χ0n) is 13.6. The van der Waals surface area contributed by atoms with Gasteiger partial charge in [-0.3, -0.25) is 9.97 Å². The summed E-state index contributed by atoms with van der Waals surface area (Å²) in [5.41, 5.74) is 5.38. The van der Waals surface area contributed by atoms with Crippen molar-refractivity contribution in [3.8, 4) is 11.1 Å². The first-order valence-electron chi connectivity index (χ1n) is 7.92. The average Bonchev–Trinajstić information content (AvgIpc) is 2.93. The van der Waals surface area contributed by atoms with Crippen LogP contribution in [0.2, 0.25) is 0 Å². The fourth-order valence-corrected chi connectivity index (χ4v) is 3.73. The molecule has 124 valence electrons. The van der Waals surface area contributed by atoms with Gasteiger partial charge in [0.1, 0.15) is 11.3 Å². The lowest BCUT2D eigenvalue weighted by Gasteiger charge is -2.09. The van der Waals surface area contributed by atoms with E-state index in [-0.39, 0.29) is 5.82 Å². The Morgan fingerprint density at radius 3 is 2.68 bits per heavy atom. The number of aromatic nitrogens is 3.